The van der Waals surface area contributed by atoms with Crippen LogP contribution in [-0.2, 0) is 4.65 Å². The third-order valence-corrected chi connectivity index (χ3v) is 3.56. The third-order valence-electron chi connectivity index (χ3n) is 3.10. The number of halogens is 2. The predicted molar refractivity (Wildman–Crippen MR) is 86.1 cm³/mol. The van der Waals surface area contributed by atoms with Crippen LogP contribution in [-0.4, -0.2) is 55.0 Å². The van der Waals surface area contributed by atoms with Crippen LogP contribution in [0.4, 0.5) is 4.39 Å². The summed E-state index contributed by atoms with van der Waals surface area (Å²) in [6.45, 7) is 4.63. The van der Waals surface area contributed by atoms with Crippen LogP contribution in [0.25, 0.3) is 0 Å². The Morgan fingerprint density at radius 3 is 2.67 bits per heavy atom. The van der Waals surface area contributed by atoms with Gasteiger partial charge in [-0.05, 0) is 36.6 Å². The zero-order chi connectivity index (χ0) is 15.7. The van der Waals surface area contributed by atoms with Crippen LogP contribution >= 0.6 is 15.9 Å². The fourth-order valence-corrected chi connectivity index (χ4v) is 2.45. The van der Waals surface area contributed by atoms with E-state index in [1.165, 1.54) is 12.1 Å². The van der Waals surface area contributed by atoms with E-state index in [0.717, 1.165) is 19.4 Å². The molecule has 0 aromatic heterocycles. The molecule has 0 bridgehead atoms. The summed E-state index contributed by atoms with van der Waals surface area (Å²) in [6, 6.07) is 4.19. The van der Waals surface area contributed by atoms with E-state index in [-0.39, 0.29) is 6.61 Å². The lowest BCUT2D eigenvalue weighted by atomic mass is 9.79. The van der Waals surface area contributed by atoms with Gasteiger partial charge in [0.05, 0.1) is 6.61 Å². The predicted octanol–water partition coefficient (Wildman–Crippen LogP) is 1.39. The van der Waals surface area contributed by atoms with Crippen LogP contribution in [0, 0.1) is 5.82 Å². The minimum atomic E-state index is -1.15. The number of rotatable bonds is 10. The first kappa shape index (κ1) is 18.6. The van der Waals surface area contributed by atoms with Crippen molar-refractivity contribution in [3.63, 3.8) is 0 Å². The Hall–Kier alpha value is -0.465. The fourth-order valence-electron chi connectivity index (χ4n) is 1.97. The maximum atomic E-state index is 13.2. The van der Waals surface area contributed by atoms with Crippen molar-refractivity contribution in [2.45, 2.75) is 19.8 Å². The summed E-state index contributed by atoms with van der Waals surface area (Å²) in [5, 5.41) is 18.9. The summed E-state index contributed by atoms with van der Waals surface area (Å²) < 4.78 is 19.1. The molecule has 1 rings (SSSR count). The summed E-state index contributed by atoms with van der Waals surface area (Å²) >= 11 is 3.18. The van der Waals surface area contributed by atoms with Crippen LogP contribution in [0.2, 0.25) is 0 Å². The molecule has 0 aliphatic carbocycles. The van der Waals surface area contributed by atoms with Gasteiger partial charge in [0.1, 0.15) is 5.82 Å². The topological polar surface area (TPSA) is 52.9 Å². The van der Waals surface area contributed by atoms with Gasteiger partial charge in [0.25, 0.3) is 0 Å². The zero-order valence-electron chi connectivity index (χ0n) is 12.3. The number of hydrogen-bond donors (Lipinski definition) is 2. The van der Waals surface area contributed by atoms with E-state index < -0.39 is 12.9 Å². The first-order valence-electron chi connectivity index (χ1n) is 7.15. The van der Waals surface area contributed by atoms with Crippen LogP contribution in [0.15, 0.2) is 22.7 Å². The van der Waals surface area contributed by atoms with Crippen LogP contribution in [0.3, 0.4) is 0 Å². The summed E-state index contributed by atoms with van der Waals surface area (Å²) in [5.74, 6) is -0.424. The van der Waals surface area contributed by atoms with Crippen molar-refractivity contribution >= 4 is 28.5 Å². The average Bonchev–Trinajstić information content (AvgIpc) is 2.43. The monoisotopic (exact) mass is 361 g/mol. The molecule has 1 aromatic rings. The van der Waals surface area contributed by atoms with E-state index in [1.807, 2.05) is 0 Å². The molecule has 2 N–H and O–H groups in total. The molecule has 0 saturated heterocycles. The van der Waals surface area contributed by atoms with Crippen molar-refractivity contribution in [3.05, 3.63) is 28.5 Å². The number of unbranched alkanes of at least 4 members (excludes halogenated alkanes) is 1. The Labute approximate surface area is 134 Å². The number of aliphatic hydroxyl groups excluding tert-OH is 1. The fraction of sp³-hybridized carbons (Fsp3) is 0.571. The summed E-state index contributed by atoms with van der Waals surface area (Å²) in [4.78, 5) is 2.08. The maximum Gasteiger partial charge on any atom is 0.491 e. The highest BCUT2D eigenvalue weighted by Crippen LogP contribution is 2.09. The van der Waals surface area contributed by atoms with Crippen LogP contribution in [0.5, 0.6) is 0 Å². The molecular weight excluding hydrogens is 340 g/mol. The van der Waals surface area contributed by atoms with Gasteiger partial charge in [-0.25, -0.2) is 4.39 Å². The molecule has 0 fully saturated rings. The number of benzene rings is 1. The van der Waals surface area contributed by atoms with Gasteiger partial charge in [-0.15, -0.1) is 0 Å². The van der Waals surface area contributed by atoms with E-state index in [2.05, 4.69) is 27.8 Å². The Balaban J connectivity index is 2.42. The molecule has 21 heavy (non-hydrogen) atoms. The number of nitrogens with zero attached hydrogens (tertiary/aromatic N) is 1. The molecule has 0 heterocycles. The number of aliphatic hydroxyl groups is 1. The van der Waals surface area contributed by atoms with E-state index >= 15 is 0 Å². The maximum absolute atomic E-state index is 13.2. The molecular formula is C14H22BBrFNO3. The second-order valence-corrected chi connectivity index (χ2v) is 5.76. The van der Waals surface area contributed by atoms with Crippen LogP contribution in [0.1, 0.15) is 19.8 Å². The van der Waals surface area contributed by atoms with Crippen molar-refractivity contribution < 1.29 is 19.2 Å². The van der Waals surface area contributed by atoms with Gasteiger partial charge in [-0.1, -0.05) is 29.3 Å². The minimum absolute atomic E-state index is 0.100. The molecule has 0 spiro atoms. The second kappa shape index (κ2) is 10.3. The number of hydrogen-bond acceptors (Lipinski definition) is 4. The van der Waals surface area contributed by atoms with Gasteiger partial charge >= 0.3 is 7.12 Å². The standard InChI is InChI=1S/C14H22BBrFNO3/c1-2-3-4-18(5-7-19)6-8-21-15(20)12-9-13(16)11-14(17)10-12/h9-11,19-20H,2-8H2,1H3. The highest BCUT2D eigenvalue weighted by Gasteiger charge is 2.18. The Bertz CT molecular complexity index is 405. The lowest BCUT2D eigenvalue weighted by Gasteiger charge is -2.21. The smallest absolute Gasteiger partial charge is 0.423 e. The van der Waals surface area contributed by atoms with Gasteiger partial charge in [0, 0.05) is 24.2 Å². The van der Waals surface area contributed by atoms with Gasteiger partial charge in [-0.2, -0.15) is 0 Å². The highest BCUT2D eigenvalue weighted by molar-refractivity contribution is 9.10. The molecule has 7 heteroatoms. The molecule has 0 amide bonds. The lowest BCUT2D eigenvalue weighted by molar-refractivity contribution is 0.159. The molecule has 0 aliphatic heterocycles. The molecule has 118 valence electrons. The van der Waals surface area contributed by atoms with Crippen molar-refractivity contribution in [2.24, 2.45) is 0 Å². The molecule has 1 aromatic carbocycles. The average molecular weight is 362 g/mol. The molecule has 0 atom stereocenters. The Morgan fingerprint density at radius 1 is 1.29 bits per heavy atom. The normalized spacial score (nSPS) is 11.1. The summed E-state index contributed by atoms with van der Waals surface area (Å²) in [7, 11) is -1.15. The first-order valence-corrected chi connectivity index (χ1v) is 7.95. The molecule has 4 nitrogen and oxygen atoms in total. The molecule has 0 radical (unpaired) electrons. The SMILES string of the molecule is CCCCN(CCO)CCOB(O)c1cc(F)cc(Br)c1. The van der Waals surface area contributed by atoms with Gasteiger partial charge in [-0.3, -0.25) is 4.90 Å². The molecule has 0 saturated carbocycles. The summed E-state index contributed by atoms with van der Waals surface area (Å²) in [5.41, 5.74) is 0.379. The van der Waals surface area contributed by atoms with Gasteiger partial charge in [0.15, 0.2) is 0 Å². The Morgan fingerprint density at radius 2 is 2.05 bits per heavy atom. The van der Waals surface area contributed by atoms with E-state index in [1.54, 1.807) is 6.07 Å². The van der Waals surface area contributed by atoms with E-state index in [0.29, 0.717) is 29.6 Å². The van der Waals surface area contributed by atoms with Crippen molar-refractivity contribution in [2.75, 3.05) is 32.8 Å². The van der Waals surface area contributed by atoms with Crippen molar-refractivity contribution in [1.29, 1.82) is 0 Å². The highest BCUT2D eigenvalue weighted by atomic mass is 79.9. The minimum Gasteiger partial charge on any atom is -0.423 e. The molecule has 0 unspecified atom stereocenters. The lowest BCUT2D eigenvalue weighted by Crippen LogP contribution is -2.38. The quantitative estimate of drug-likeness (QED) is 0.618. The second-order valence-electron chi connectivity index (χ2n) is 4.84. The largest absolute Gasteiger partial charge is 0.491 e. The van der Waals surface area contributed by atoms with Crippen LogP contribution < -0.4 is 5.46 Å². The van der Waals surface area contributed by atoms with Gasteiger partial charge in [0.2, 0.25) is 0 Å². The first-order chi connectivity index (χ1) is 10.1. The third kappa shape index (κ3) is 7.38. The van der Waals surface area contributed by atoms with Gasteiger partial charge < -0.3 is 14.8 Å². The Kier molecular flexibility index (Phi) is 9.11. The van der Waals surface area contributed by atoms with E-state index in [9.17, 15) is 9.41 Å². The summed E-state index contributed by atoms with van der Waals surface area (Å²) in [6.07, 6.45) is 2.14. The zero-order valence-corrected chi connectivity index (χ0v) is 13.9. The van der Waals surface area contributed by atoms with Crippen molar-refractivity contribution in [1.82, 2.24) is 4.90 Å². The molecule has 0 aliphatic rings. The van der Waals surface area contributed by atoms with Crippen molar-refractivity contribution in [3.8, 4) is 0 Å². The van der Waals surface area contributed by atoms with E-state index in [4.69, 9.17) is 9.76 Å².